The lowest BCUT2D eigenvalue weighted by Crippen LogP contribution is -2.45. The van der Waals surface area contributed by atoms with E-state index in [-0.39, 0.29) is 17.9 Å². The van der Waals surface area contributed by atoms with Gasteiger partial charge in [-0.15, -0.1) is 0 Å². The molecule has 2 bridgehead atoms. The summed E-state index contributed by atoms with van der Waals surface area (Å²) in [7, 11) is 1.66. The van der Waals surface area contributed by atoms with Crippen LogP contribution < -0.4 is 9.64 Å². The van der Waals surface area contributed by atoms with Gasteiger partial charge in [0.1, 0.15) is 5.75 Å². The van der Waals surface area contributed by atoms with E-state index < -0.39 is 0 Å². The van der Waals surface area contributed by atoms with Crippen molar-refractivity contribution in [3.05, 3.63) is 24.3 Å². The first-order chi connectivity index (χ1) is 10.3. The third-order valence-electron chi connectivity index (χ3n) is 6.11. The van der Waals surface area contributed by atoms with Gasteiger partial charge in [-0.2, -0.15) is 0 Å². The average molecular weight is 285 g/mol. The summed E-state index contributed by atoms with van der Waals surface area (Å²) < 4.78 is 11.3. The predicted octanol–water partition coefficient (Wildman–Crippen LogP) is 2.08. The van der Waals surface area contributed by atoms with Crippen LogP contribution >= 0.6 is 0 Å². The van der Waals surface area contributed by atoms with Crippen LogP contribution in [0.15, 0.2) is 24.3 Å². The maximum absolute atomic E-state index is 12.8. The lowest BCUT2D eigenvalue weighted by atomic mass is 9.60. The van der Waals surface area contributed by atoms with E-state index in [1.54, 1.807) is 7.11 Å². The number of benzene rings is 1. The average Bonchev–Trinajstić information content (AvgIpc) is 3.06. The number of nitrogens with zero attached hydrogens (tertiary/aromatic N) is 1. The molecule has 0 radical (unpaired) electrons. The number of amides is 1. The van der Waals surface area contributed by atoms with E-state index in [1.807, 2.05) is 29.2 Å². The molecule has 0 aromatic heterocycles. The molecule has 21 heavy (non-hydrogen) atoms. The number of carbonyl (C=O) groups is 1. The molecule has 0 N–H and O–H groups in total. The van der Waals surface area contributed by atoms with Crippen LogP contribution in [0.1, 0.15) is 12.8 Å². The van der Waals surface area contributed by atoms with Gasteiger partial charge in [-0.25, -0.2) is 0 Å². The molecule has 110 valence electrons. The van der Waals surface area contributed by atoms with E-state index in [0.717, 1.165) is 23.9 Å². The van der Waals surface area contributed by atoms with Crippen molar-refractivity contribution in [1.82, 2.24) is 0 Å². The van der Waals surface area contributed by atoms with Gasteiger partial charge in [-0.3, -0.25) is 4.79 Å². The fourth-order valence-electron chi connectivity index (χ4n) is 4.98. The Morgan fingerprint density at radius 1 is 1.10 bits per heavy atom. The molecule has 4 fully saturated rings. The highest BCUT2D eigenvalue weighted by Gasteiger charge is 2.67. The van der Waals surface area contributed by atoms with E-state index in [4.69, 9.17) is 9.47 Å². The molecular weight excluding hydrogens is 266 g/mol. The molecule has 1 aromatic rings. The standard InChI is InChI=1S/C17H19NO3/c1-20-10-4-2-9(3-5-10)18-8-13-14(17(18)19)16-12-7-6-11(12)15(13)21-16/h2-5,11-16H,6-8H2,1H3/t11-,12+,13+,14-,15-,16+/m1/s1. The Balaban J connectivity index is 1.44. The van der Waals surface area contributed by atoms with Crippen LogP contribution in [0.2, 0.25) is 0 Å². The SMILES string of the molecule is COc1ccc(N2C[C@@H]3[C@@H]4O[C@@H]([C@H]5CC[C@H]54)[C@@H]3C2=O)cc1. The monoisotopic (exact) mass is 285 g/mol. The maximum atomic E-state index is 12.8. The Kier molecular flexibility index (Phi) is 2.30. The molecule has 4 nitrogen and oxygen atoms in total. The van der Waals surface area contributed by atoms with Crippen molar-refractivity contribution >= 4 is 11.6 Å². The van der Waals surface area contributed by atoms with Gasteiger partial charge in [0, 0.05) is 18.2 Å². The minimum absolute atomic E-state index is 0.110. The van der Waals surface area contributed by atoms with Gasteiger partial charge in [0.2, 0.25) is 5.91 Å². The highest BCUT2D eigenvalue weighted by molar-refractivity contribution is 5.98. The smallest absolute Gasteiger partial charge is 0.233 e. The topological polar surface area (TPSA) is 38.8 Å². The summed E-state index contributed by atoms with van der Waals surface area (Å²) in [5.74, 6) is 3.01. The Bertz CT molecular complexity index is 599. The largest absolute Gasteiger partial charge is 0.497 e. The van der Waals surface area contributed by atoms with Crippen LogP contribution in [0.5, 0.6) is 5.75 Å². The van der Waals surface area contributed by atoms with E-state index >= 15 is 0 Å². The first kappa shape index (κ1) is 12.0. The van der Waals surface area contributed by atoms with Crippen molar-refractivity contribution in [2.24, 2.45) is 23.7 Å². The molecule has 1 aromatic carbocycles. The second-order valence-corrected chi connectivity index (χ2v) is 6.81. The summed E-state index contributed by atoms with van der Waals surface area (Å²) >= 11 is 0. The zero-order valence-electron chi connectivity index (χ0n) is 12.1. The van der Waals surface area contributed by atoms with Crippen molar-refractivity contribution in [3.63, 3.8) is 0 Å². The fraction of sp³-hybridized carbons (Fsp3) is 0.588. The first-order valence-corrected chi connectivity index (χ1v) is 7.89. The Morgan fingerprint density at radius 2 is 1.81 bits per heavy atom. The molecule has 0 unspecified atom stereocenters. The Morgan fingerprint density at radius 3 is 2.48 bits per heavy atom. The molecule has 0 spiro atoms. The molecule has 4 heteroatoms. The number of hydrogen-bond acceptors (Lipinski definition) is 3. The van der Waals surface area contributed by atoms with Crippen LogP contribution in [0, 0.1) is 23.7 Å². The number of hydrogen-bond donors (Lipinski definition) is 0. The van der Waals surface area contributed by atoms with E-state index in [9.17, 15) is 4.79 Å². The second-order valence-electron chi connectivity index (χ2n) is 6.81. The molecule has 5 rings (SSSR count). The van der Waals surface area contributed by atoms with Crippen LogP contribution in [0.4, 0.5) is 5.69 Å². The highest BCUT2D eigenvalue weighted by Crippen LogP contribution is 2.60. The van der Waals surface area contributed by atoms with Gasteiger partial charge in [-0.05, 0) is 48.9 Å². The van der Waals surface area contributed by atoms with E-state index in [1.165, 1.54) is 12.8 Å². The van der Waals surface area contributed by atoms with E-state index in [2.05, 4.69) is 0 Å². The number of ether oxygens (including phenoxy) is 2. The number of rotatable bonds is 2. The van der Waals surface area contributed by atoms with Crippen LogP contribution in [0.3, 0.4) is 0 Å². The quantitative estimate of drug-likeness (QED) is 0.835. The minimum Gasteiger partial charge on any atom is -0.497 e. The second kappa shape index (κ2) is 4.01. The van der Waals surface area contributed by atoms with Crippen molar-refractivity contribution in [2.75, 3.05) is 18.6 Å². The number of fused-ring (bicyclic) bond motifs is 8. The molecule has 3 saturated heterocycles. The lowest BCUT2D eigenvalue weighted by Gasteiger charge is -2.40. The molecule has 3 aliphatic heterocycles. The predicted molar refractivity (Wildman–Crippen MR) is 77.2 cm³/mol. The Labute approximate surface area is 124 Å². The van der Waals surface area contributed by atoms with Gasteiger partial charge in [0.15, 0.2) is 0 Å². The number of anilines is 1. The van der Waals surface area contributed by atoms with Crippen LogP contribution in [-0.4, -0.2) is 31.8 Å². The Hall–Kier alpha value is -1.55. The minimum atomic E-state index is 0.110. The van der Waals surface area contributed by atoms with Gasteiger partial charge in [0.25, 0.3) is 0 Å². The van der Waals surface area contributed by atoms with Crippen LogP contribution in [0.25, 0.3) is 0 Å². The van der Waals surface area contributed by atoms with Crippen molar-refractivity contribution < 1.29 is 14.3 Å². The van der Waals surface area contributed by atoms with Crippen molar-refractivity contribution in [2.45, 2.75) is 25.0 Å². The summed E-state index contributed by atoms with van der Waals surface area (Å²) in [5, 5.41) is 0. The fourth-order valence-corrected chi connectivity index (χ4v) is 4.98. The molecule has 1 amide bonds. The van der Waals surface area contributed by atoms with Crippen LogP contribution in [-0.2, 0) is 9.53 Å². The van der Waals surface area contributed by atoms with Gasteiger partial charge in [0.05, 0.1) is 25.2 Å². The third-order valence-corrected chi connectivity index (χ3v) is 6.11. The van der Waals surface area contributed by atoms with Gasteiger partial charge < -0.3 is 14.4 Å². The van der Waals surface area contributed by atoms with Gasteiger partial charge >= 0.3 is 0 Å². The summed E-state index contributed by atoms with van der Waals surface area (Å²) in [6.07, 6.45) is 3.09. The number of carbonyl (C=O) groups excluding carboxylic acids is 1. The summed E-state index contributed by atoms with van der Waals surface area (Å²) in [6.45, 7) is 0.820. The van der Waals surface area contributed by atoms with Gasteiger partial charge in [-0.1, -0.05) is 0 Å². The molecule has 3 heterocycles. The zero-order valence-corrected chi connectivity index (χ0v) is 12.1. The molecule has 6 atom stereocenters. The summed E-state index contributed by atoms with van der Waals surface area (Å²) in [6, 6.07) is 7.81. The van der Waals surface area contributed by atoms with E-state index in [0.29, 0.717) is 17.9 Å². The van der Waals surface area contributed by atoms with Crippen molar-refractivity contribution in [1.29, 1.82) is 0 Å². The third kappa shape index (κ3) is 1.41. The zero-order chi connectivity index (χ0) is 14.1. The molecular formula is C17H19NO3. The summed E-state index contributed by atoms with van der Waals surface area (Å²) in [4.78, 5) is 14.8. The lowest BCUT2D eigenvalue weighted by molar-refractivity contribution is -0.123. The maximum Gasteiger partial charge on any atom is 0.233 e. The molecule has 1 aliphatic carbocycles. The highest BCUT2D eigenvalue weighted by atomic mass is 16.5. The number of methoxy groups -OCH3 is 1. The first-order valence-electron chi connectivity index (χ1n) is 7.89. The van der Waals surface area contributed by atoms with Crippen molar-refractivity contribution in [3.8, 4) is 5.75 Å². The molecule has 1 saturated carbocycles. The molecule has 4 aliphatic rings. The normalized spacial score (nSPS) is 42.7. The summed E-state index contributed by atoms with van der Waals surface area (Å²) in [5.41, 5.74) is 0.988.